The molecule has 2 rings (SSSR count). The van der Waals surface area contributed by atoms with Gasteiger partial charge in [-0.15, -0.1) is 0 Å². The average Bonchev–Trinajstić information content (AvgIpc) is 2.41. The van der Waals surface area contributed by atoms with Gasteiger partial charge in [-0.25, -0.2) is 9.97 Å². The highest BCUT2D eigenvalue weighted by Gasteiger charge is 2.26. The average molecular weight is 286 g/mol. The van der Waals surface area contributed by atoms with Crippen LogP contribution in [0.3, 0.4) is 0 Å². The fourth-order valence-electron chi connectivity index (χ4n) is 2.46. The monoisotopic (exact) mass is 285 g/mol. The number of nitrogens with one attached hydrogen (secondary N) is 1. The van der Waals surface area contributed by atoms with Gasteiger partial charge in [0.1, 0.15) is 12.0 Å². The molecule has 7 heteroatoms. The molecule has 1 aromatic rings. The molecular weight excluding hydrogens is 266 g/mol. The van der Waals surface area contributed by atoms with Gasteiger partial charge in [-0.3, -0.25) is 4.90 Å². The van der Waals surface area contributed by atoms with Crippen molar-refractivity contribution >= 4 is 23.1 Å². The number of hydrogen-bond acceptors (Lipinski definition) is 6. The Labute approximate surface area is 118 Å². The fourth-order valence-corrected chi connectivity index (χ4v) is 2.68. The second kappa shape index (κ2) is 6.36. The topological polar surface area (TPSA) is 64.5 Å². The van der Waals surface area contributed by atoms with Crippen molar-refractivity contribution in [2.24, 2.45) is 0 Å². The second-order valence-electron chi connectivity index (χ2n) is 4.67. The highest BCUT2D eigenvalue weighted by Crippen LogP contribution is 2.29. The molecule has 6 nitrogen and oxygen atoms in total. The molecule has 2 N–H and O–H groups in total. The summed E-state index contributed by atoms with van der Waals surface area (Å²) < 4.78 is 0. The van der Waals surface area contributed by atoms with E-state index in [0.29, 0.717) is 11.2 Å². The molecule has 1 aliphatic rings. The first kappa shape index (κ1) is 14.3. The van der Waals surface area contributed by atoms with Crippen LogP contribution in [0, 0.1) is 0 Å². The van der Waals surface area contributed by atoms with E-state index in [1.54, 1.807) is 0 Å². The predicted octanol–water partition coefficient (Wildman–Crippen LogP) is 0.674. The van der Waals surface area contributed by atoms with Crippen molar-refractivity contribution in [3.63, 3.8) is 0 Å². The molecule has 0 bridgehead atoms. The Morgan fingerprint density at radius 3 is 2.89 bits per heavy atom. The molecule has 1 saturated heterocycles. The Morgan fingerprint density at radius 1 is 1.47 bits per heavy atom. The molecule has 0 radical (unpaired) electrons. The molecule has 106 valence electrons. The second-order valence-corrected chi connectivity index (χ2v) is 5.03. The number of aromatic nitrogens is 2. The lowest BCUT2D eigenvalue weighted by atomic mass is 10.2. The Bertz CT molecular complexity index is 431. The molecule has 0 amide bonds. The summed E-state index contributed by atoms with van der Waals surface area (Å²) in [5.41, 5.74) is 0.770. The molecule has 0 aromatic carbocycles. The number of anilines is 2. The van der Waals surface area contributed by atoms with Crippen LogP contribution in [0.4, 0.5) is 11.5 Å². The number of β-amino-alcohol motifs (C(OH)–C–C–N with tert-alkyl or cyclic N) is 1. The number of nitrogens with zero attached hydrogens (tertiary/aromatic N) is 4. The SMILES string of the molecule is CNc1c(Cl)ncnc1N1CCN(CCO)C(C)C1. The minimum absolute atomic E-state index is 0.200. The summed E-state index contributed by atoms with van der Waals surface area (Å²) in [6.45, 7) is 5.72. The summed E-state index contributed by atoms with van der Waals surface area (Å²) in [4.78, 5) is 12.8. The number of halogens is 1. The van der Waals surface area contributed by atoms with Crippen molar-refractivity contribution in [2.75, 3.05) is 50.1 Å². The van der Waals surface area contributed by atoms with Crippen molar-refractivity contribution in [1.82, 2.24) is 14.9 Å². The molecule has 1 atom stereocenters. The predicted molar refractivity (Wildman–Crippen MR) is 76.9 cm³/mol. The third-order valence-corrected chi connectivity index (χ3v) is 3.77. The van der Waals surface area contributed by atoms with E-state index in [1.807, 2.05) is 7.05 Å². The van der Waals surface area contributed by atoms with E-state index < -0.39 is 0 Å². The summed E-state index contributed by atoms with van der Waals surface area (Å²) in [6, 6.07) is 0.374. The lowest BCUT2D eigenvalue weighted by molar-refractivity contribution is 0.146. The highest BCUT2D eigenvalue weighted by atomic mass is 35.5. The third-order valence-electron chi connectivity index (χ3n) is 3.48. The van der Waals surface area contributed by atoms with E-state index >= 15 is 0 Å². The summed E-state index contributed by atoms with van der Waals surface area (Å²) in [7, 11) is 1.82. The minimum atomic E-state index is 0.200. The Balaban J connectivity index is 2.14. The maximum atomic E-state index is 9.03. The van der Waals surface area contributed by atoms with Crippen molar-refractivity contribution in [1.29, 1.82) is 0 Å². The first-order valence-corrected chi connectivity index (χ1v) is 6.83. The summed E-state index contributed by atoms with van der Waals surface area (Å²) in [6.07, 6.45) is 1.49. The van der Waals surface area contributed by atoms with E-state index in [4.69, 9.17) is 16.7 Å². The minimum Gasteiger partial charge on any atom is -0.395 e. The van der Waals surface area contributed by atoms with Gasteiger partial charge in [0, 0.05) is 39.3 Å². The van der Waals surface area contributed by atoms with Crippen molar-refractivity contribution < 1.29 is 5.11 Å². The zero-order valence-corrected chi connectivity index (χ0v) is 12.1. The molecule has 19 heavy (non-hydrogen) atoms. The molecule has 2 heterocycles. The van der Waals surface area contributed by atoms with Crippen LogP contribution >= 0.6 is 11.6 Å². The van der Waals surface area contributed by atoms with Crippen LogP contribution in [-0.4, -0.2) is 65.8 Å². The van der Waals surface area contributed by atoms with E-state index in [1.165, 1.54) is 6.33 Å². The van der Waals surface area contributed by atoms with Gasteiger partial charge in [0.15, 0.2) is 11.0 Å². The Morgan fingerprint density at radius 2 is 2.26 bits per heavy atom. The number of piperazine rings is 1. The third kappa shape index (κ3) is 3.08. The zero-order valence-electron chi connectivity index (χ0n) is 11.3. The van der Waals surface area contributed by atoms with Crippen LogP contribution in [0.25, 0.3) is 0 Å². The normalized spacial score (nSPS) is 20.6. The van der Waals surface area contributed by atoms with Gasteiger partial charge in [0.2, 0.25) is 0 Å². The van der Waals surface area contributed by atoms with Crippen LogP contribution in [-0.2, 0) is 0 Å². The molecule has 1 aliphatic heterocycles. The largest absolute Gasteiger partial charge is 0.395 e. The van der Waals surface area contributed by atoms with Gasteiger partial charge in [0.05, 0.1) is 6.61 Å². The smallest absolute Gasteiger partial charge is 0.157 e. The summed E-state index contributed by atoms with van der Waals surface area (Å²) in [5, 5.41) is 12.5. The Hall–Kier alpha value is -1.11. The van der Waals surface area contributed by atoms with Gasteiger partial charge >= 0.3 is 0 Å². The lowest BCUT2D eigenvalue weighted by Crippen LogP contribution is -2.53. The summed E-state index contributed by atoms with van der Waals surface area (Å²) in [5.74, 6) is 0.845. The van der Waals surface area contributed by atoms with Gasteiger partial charge < -0.3 is 15.3 Å². The van der Waals surface area contributed by atoms with Crippen LogP contribution in [0.2, 0.25) is 5.15 Å². The van der Waals surface area contributed by atoms with Gasteiger partial charge in [-0.1, -0.05) is 11.6 Å². The molecule has 1 aromatic heterocycles. The van der Waals surface area contributed by atoms with Gasteiger partial charge in [0.25, 0.3) is 0 Å². The molecule has 0 spiro atoms. The van der Waals surface area contributed by atoms with Crippen LogP contribution in [0.15, 0.2) is 6.33 Å². The van der Waals surface area contributed by atoms with E-state index in [2.05, 4.69) is 32.0 Å². The number of aliphatic hydroxyl groups excluding tert-OH is 1. The number of hydrogen-bond donors (Lipinski definition) is 2. The molecular formula is C12H20ClN5O. The van der Waals surface area contributed by atoms with Crippen LogP contribution in [0.1, 0.15) is 6.92 Å². The molecule has 0 aliphatic carbocycles. The van der Waals surface area contributed by atoms with Gasteiger partial charge in [-0.2, -0.15) is 0 Å². The highest BCUT2D eigenvalue weighted by molar-refractivity contribution is 6.32. The molecule has 0 saturated carbocycles. The quantitative estimate of drug-likeness (QED) is 0.793. The van der Waals surface area contributed by atoms with Crippen molar-refractivity contribution in [2.45, 2.75) is 13.0 Å². The van der Waals surface area contributed by atoms with Crippen molar-refractivity contribution in [3.05, 3.63) is 11.5 Å². The maximum Gasteiger partial charge on any atom is 0.157 e. The van der Waals surface area contributed by atoms with Gasteiger partial charge in [-0.05, 0) is 6.92 Å². The first-order chi connectivity index (χ1) is 9.17. The lowest BCUT2D eigenvalue weighted by Gasteiger charge is -2.40. The van der Waals surface area contributed by atoms with Crippen LogP contribution < -0.4 is 10.2 Å². The van der Waals surface area contributed by atoms with E-state index in [9.17, 15) is 0 Å². The standard InChI is InChI=1S/C12H20ClN5O/c1-9-7-18(4-3-17(9)5-6-19)12-10(14-2)11(13)15-8-16-12/h8-9,14,19H,3-7H2,1-2H3. The zero-order chi connectivity index (χ0) is 13.8. The maximum absolute atomic E-state index is 9.03. The number of rotatable bonds is 4. The van der Waals surface area contributed by atoms with Crippen LogP contribution in [0.5, 0.6) is 0 Å². The Kier molecular flexibility index (Phi) is 4.79. The fraction of sp³-hybridized carbons (Fsp3) is 0.667. The van der Waals surface area contributed by atoms with E-state index in [0.717, 1.165) is 37.7 Å². The summed E-state index contributed by atoms with van der Waals surface area (Å²) >= 11 is 6.08. The molecule has 1 unspecified atom stereocenters. The number of aliphatic hydroxyl groups is 1. The molecule has 1 fully saturated rings. The van der Waals surface area contributed by atoms with E-state index in [-0.39, 0.29) is 6.61 Å². The van der Waals surface area contributed by atoms with Crippen molar-refractivity contribution in [3.8, 4) is 0 Å². The first-order valence-electron chi connectivity index (χ1n) is 6.45.